The van der Waals surface area contributed by atoms with E-state index in [9.17, 15) is 4.79 Å². The molecule has 1 aliphatic carbocycles. The molecule has 3 heteroatoms. The van der Waals surface area contributed by atoms with Crippen LogP contribution >= 0.6 is 0 Å². The number of amides is 1. The van der Waals surface area contributed by atoms with Gasteiger partial charge < -0.3 is 11.1 Å². The lowest BCUT2D eigenvalue weighted by atomic mass is 9.79. The van der Waals surface area contributed by atoms with Crippen LogP contribution in [0.5, 0.6) is 0 Å². The van der Waals surface area contributed by atoms with Crippen molar-refractivity contribution in [2.45, 2.75) is 65.3 Å². The van der Waals surface area contributed by atoms with E-state index in [-0.39, 0.29) is 11.3 Å². The third-order valence-corrected chi connectivity index (χ3v) is 4.47. The Morgan fingerprint density at radius 1 is 1.29 bits per heavy atom. The number of hydrogen-bond donors (Lipinski definition) is 2. The van der Waals surface area contributed by atoms with Crippen LogP contribution in [0.1, 0.15) is 59.8 Å². The number of nitrogens with one attached hydrogen (secondary N) is 1. The maximum Gasteiger partial charge on any atom is 0.240 e. The van der Waals surface area contributed by atoms with Gasteiger partial charge >= 0.3 is 0 Å². The standard InChI is InChI=1S/C14H28N2O/c1-11(2)13(3,4)10-16-12(17)14(15)8-6-5-7-9-14/h11H,5-10,15H2,1-4H3,(H,16,17). The first-order valence-corrected chi connectivity index (χ1v) is 6.85. The van der Waals surface area contributed by atoms with Crippen LogP contribution in [0.4, 0.5) is 0 Å². The molecular formula is C14H28N2O. The van der Waals surface area contributed by atoms with E-state index in [1.807, 2.05) is 0 Å². The second-order valence-corrected chi connectivity index (χ2v) is 6.54. The molecule has 1 saturated carbocycles. The summed E-state index contributed by atoms with van der Waals surface area (Å²) in [6, 6.07) is 0. The zero-order valence-corrected chi connectivity index (χ0v) is 11.8. The molecule has 0 heterocycles. The van der Waals surface area contributed by atoms with Crippen molar-refractivity contribution in [2.24, 2.45) is 17.1 Å². The van der Waals surface area contributed by atoms with Crippen molar-refractivity contribution in [2.75, 3.05) is 6.54 Å². The Morgan fingerprint density at radius 3 is 2.29 bits per heavy atom. The summed E-state index contributed by atoms with van der Waals surface area (Å²) in [5.74, 6) is 0.591. The van der Waals surface area contributed by atoms with Crippen molar-refractivity contribution in [1.29, 1.82) is 0 Å². The van der Waals surface area contributed by atoms with Crippen molar-refractivity contribution in [3.8, 4) is 0 Å². The maximum absolute atomic E-state index is 12.2. The van der Waals surface area contributed by atoms with Crippen molar-refractivity contribution in [3.05, 3.63) is 0 Å². The lowest BCUT2D eigenvalue weighted by Crippen LogP contribution is -2.56. The molecule has 1 rings (SSSR count). The van der Waals surface area contributed by atoms with E-state index in [4.69, 9.17) is 5.73 Å². The molecular weight excluding hydrogens is 212 g/mol. The molecule has 0 aromatic rings. The Bertz CT molecular complexity index is 265. The largest absolute Gasteiger partial charge is 0.354 e. The Labute approximate surface area is 106 Å². The van der Waals surface area contributed by atoms with E-state index in [0.717, 1.165) is 25.7 Å². The summed E-state index contributed by atoms with van der Waals surface area (Å²) < 4.78 is 0. The van der Waals surface area contributed by atoms with E-state index in [1.54, 1.807) is 0 Å². The highest BCUT2D eigenvalue weighted by atomic mass is 16.2. The minimum absolute atomic E-state index is 0.0472. The predicted octanol–water partition coefficient (Wildman–Crippen LogP) is 2.45. The molecule has 100 valence electrons. The molecule has 1 fully saturated rings. The average molecular weight is 240 g/mol. The highest BCUT2D eigenvalue weighted by Crippen LogP contribution is 2.28. The number of hydrogen-bond acceptors (Lipinski definition) is 2. The fourth-order valence-electron chi connectivity index (χ4n) is 2.10. The third kappa shape index (κ3) is 3.70. The molecule has 0 aliphatic heterocycles. The molecule has 0 saturated heterocycles. The summed E-state index contributed by atoms with van der Waals surface area (Å²) in [4.78, 5) is 12.2. The van der Waals surface area contributed by atoms with Gasteiger partial charge in [0.25, 0.3) is 0 Å². The number of carbonyl (C=O) groups excluding carboxylic acids is 1. The third-order valence-electron chi connectivity index (χ3n) is 4.47. The SMILES string of the molecule is CC(C)C(C)(C)CNC(=O)C1(N)CCCCC1. The molecule has 3 N–H and O–H groups in total. The Balaban J connectivity index is 2.49. The zero-order chi connectivity index (χ0) is 13.1. The van der Waals surface area contributed by atoms with E-state index >= 15 is 0 Å². The van der Waals surface area contributed by atoms with Crippen LogP contribution in [-0.4, -0.2) is 18.0 Å². The van der Waals surface area contributed by atoms with Gasteiger partial charge in [0.15, 0.2) is 0 Å². The van der Waals surface area contributed by atoms with Crippen LogP contribution in [0.3, 0.4) is 0 Å². The molecule has 0 atom stereocenters. The number of carbonyl (C=O) groups is 1. The van der Waals surface area contributed by atoms with Crippen molar-refractivity contribution < 1.29 is 4.79 Å². The summed E-state index contributed by atoms with van der Waals surface area (Å²) in [5.41, 5.74) is 5.72. The van der Waals surface area contributed by atoms with Crippen molar-refractivity contribution in [1.82, 2.24) is 5.32 Å². The molecule has 0 unspecified atom stereocenters. The molecule has 1 aliphatic rings. The molecule has 0 spiro atoms. The monoisotopic (exact) mass is 240 g/mol. The molecule has 0 aromatic carbocycles. The van der Waals surface area contributed by atoms with Crippen molar-refractivity contribution >= 4 is 5.91 Å². The Morgan fingerprint density at radius 2 is 1.82 bits per heavy atom. The maximum atomic E-state index is 12.2. The molecule has 0 aromatic heterocycles. The second kappa shape index (κ2) is 5.38. The summed E-state index contributed by atoms with van der Waals surface area (Å²) in [6.07, 6.45) is 5.04. The first-order valence-electron chi connectivity index (χ1n) is 6.85. The van der Waals surface area contributed by atoms with Gasteiger partial charge in [-0.1, -0.05) is 47.0 Å². The summed E-state index contributed by atoms with van der Waals surface area (Å²) in [6.45, 7) is 9.45. The first kappa shape index (κ1) is 14.5. The fourth-order valence-corrected chi connectivity index (χ4v) is 2.10. The molecule has 3 nitrogen and oxygen atoms in total. The van der Waals surface area contributed by atoms with Crippen LogP contribution in [0, 0.1) is 11.3 Å². The van der Waals surface area contributed by atoms with Gasteiger partial charge in [0.1, 0.15) is 0 Å². The molecule has 17 heavy (non-hydrogen) atoms. The van der Waals surface area contributed by atoms with Gasteiger partial charge in [-0.15, -0.1) is 0 Å². The first-order chi connectivity index (χ1) is 7.78. The van der Waals surface area contributed by atoms with Gasteiger partial charge in [0.05, 0.1) is 5.54 Å². The van der Waals surface area contributed by atoms with Crippen LogP contribution < -0.4 is 11.1 Å². The molecule has 1 amide bonds. The minimum Gasteiger partial charge on any atom is -0.354 e. The van der Waals surface area contributed by atoms with Crippen LogP contribution in [0.25, 0.3) is 0 Å². The van der Waals surface area contributed by atoms with Gasteiger partial charge in [0, 0.05) is 6.54 Å². The number of nitrogens with two attached hydrogens (primary N) is 1. The van der Waals surface area contributed by atoms with E-state index in [2.05, 4.69) is 33.0 Å². The highest BCUT2D eigenvalue weighted by Gasteiger charge is 2.36. The highest BCUT2D eigenvalue weighted by molar-refractivity contribution is 5.86. The van der Waals surface area contributed by atoms with Gasteiger partial charge in [0.2, 0.25) is 5.91 Å². The van der Waals surface area contributed by atoms with Crippen LogP contribution in [-0.2, 0) is 4.79 Å². The molecule has 0 bridgehead atoms. The minimum atomic E-state index is -0.606. The fraction of sp³-hybridized carbons (Fsp3) is 0.929. The van der Waals surface area contributed by atoms with Crippen LogP contribution in [0.2, 0.25) is 0 Å². The van der Waals surface area contributed by atoms with E-state index in [1.165, 1.54) is 6.42 Å². The zero-order valence-electron chi connectivity index (χ0n) is 11.8. The lowest BCUT2D eigenvalue weighted by Gasteiger charge is -2.35. The van der Waals surface area contributed by atoms with Gasteiger partial charge in [-0.25, -0.2) is 0 Å². The quantitative estimate of drug-likeness (QED) is 0.793. The van der Waals surface area contributed by atoms with Crippen LogP contribution in [0.15, 0.2) is 0 Å². The Hall–Kier alpha value is -0.570. The van der Waals surface area contributed by atoms with Crippen molar-refractivity contribution in [3.63, 3.8) is 0 Å². The summed E-state index contributed by atoms with van der Waals surface area (Å²) >= 11 is 0. The van der Waals surface area contributed by atoms with E-state index < -0.39 is 5.54 Å². The lowest BCUT2D eigenvalue weighted by molar-refractivity contribution is -0.128. The summed E-state index contributed by atoms with van der Waals surface area (Å²) in [5, 5.41) is 3.05. The average Bonchev–Trinajstić information content (AvgIpc) is 2.26. The normalized spacial score (nSPS) is 20.4. The molecule has 0 radical (unpaired) electrons. The topological polar surface area (TPSA) is 55.1 Å². The predicted molar refractivity (Wildman–Crippen MR) is 71.6 cm³/mol. The van der Waals surface area contributed by atoms with Gasteiger partial charge in [-0.05, 0) is 24.2 Å². The second-order valence-electron chi connectivity index (χ2n) is 6.54. The smallest absolute Gasteiger partial charge is 0.240 e. The Kier molecular flexibility index (Phi) is 4.59. The number of rotatable bonds is 4. The van der Waals surface area contributed by atoms with E-state index in [0.29, 0.717) is 12.5 Å². The van der Waals surface area contributed by atoms with Gasteiger partial charge in [-0.3, -0.25) is 4.79 Å². The summed E-state index contributed by atoms with van der Waals surface area (Å²) in [7, 11) is 0. The van der Waals surface area contributed by atoms with Gasteiger partial charge in [-0.2, -0.15) is 0 Å².